The van der Waals surface area contributed by atoms with Crippen LogP contribution in [0, 0.1) is 0 Å². The molecule has 0 aliphatic carbocycles. The molecule has 1 heterocycles. The van der Waals surface area contributed by atoms with Gasteiger partial charge in [0, 0.05) is 25.2 Å². The summed E-state index contributed by atoms with van der Waals surface area (Å²) < 4.78 is 11.0. The van der Waals surface area contributed by atoms with Crippen LogP contribution in [-0.2, 0) is 4.74 Å². The van der Waals surface area contributed by atoms with Gasteiger partial charge >= 0.3 is 0 Å². The highest BCUT2D eigenvalue weighted by atomic mass is 16.5. The summed E-state index contributed by atoms with van der Waals surface area (Å²) in [6.45, 7) is 6.81. The van der Waals surface area contributed by atoms with Gasteiger partial charge in [0.25, 0.3) is 0 Å². The van der Waals surface area contributed by atoms with Crippen LogP contribution >= 0.6 is 0 Å². The van der Waals surface area contributed by atoms with Crippen molar-refractivity contribution in [1.82, 2.24) is 4.90 Å². The summed E-state index contributed by atoms with van der Waals surface area (Å²) in [5, 5.41) is 0. The van der Waals surface area contributed by atoms with Crippen molar-refractivity contribution in [2.24, 2.45) is 5.73 Å². The van der Waals surface area contributed by atoms with E-state index in [1.807, 2.05) is 19.1 Å². The molecule has 0 radical (unpaired) electrons. The summed E-state index contributed by atoms with van der Waals surface area (Å²) in [7, 11) is 1.70. The predicted octanol–water partition coefficient (Wildman–Crippen LogP) is 1.80. The molecule has 106 valence electrons. The van der Waals surface area contributed by atoms with Gasteiger partial charge in [-0.25, -0.2) is 0 Å². The molecule has 1 saturated heterocycles. The van der Waals surface area contributed by atoms with Crippen LogP contribution in [0.4, 0.5) is 0 Å². The number of ether oxygens (including phenoxy) is 2. The maximum atomic E-state index is 5.94. The van der Waals surface area contributed by atoms with Crippen molar-refractivity contribution in [2.45, 2.75) is 32.0 Å². The number of methoxy groups -OCH3 is 1. The van der Waals surface area contributed by atoms with Crippen LogP contribution < -0.4 is 10.5 Å². The van der Waals surface area contributed by atoms with E-state index in [0.717, 1.165) is 25.4 Å². The fourth-order valence-electron chi connectivity index (χ4n) is 2.48. The predicted molar refractivity (Wildman–Crippen MR) is 76.4 cm³/mol. The topological polar surface area (TPSA) is 47.7 Å². The average molecular weight is 264 g/mol. The van der Waals surface area contributed by atoms with Gasteiger partial charge in [0.05, 0.1) is 19.8 Å². The van der Waals surface area contributed by atoms with Crippen LogP contribution in [0.3, 0.4) is 0 Å². The van der Waals surface area contributed by atoms with Crippen molar-refractivity contribution in [3.8, 4) is 5.75 Å². The Bertz CT molecular complexity index is 409. The Hall–Kier alpha value is -1.10. The molecule has 2 N–H and O–H groups in total. The van der Waals surface area contributed by atoms with E-state index in [4.69, 9.17) is 15.2 Å². The molecule has 0 spiro atoms. The first-order chi connectivity index (χ1) is 9.11. The van der Waals surface area contributed by atoms with Crippen molar-refractivity contribution >= 4 is 0 Å². The molecule has 0 saturated carbocycles. The standard InChI is InChI=1S/C15H24N2O2/c1-11(16)15-10-17(7-8-19-15)12(2)13-5-4-6-14(9-13)18-3/h4-6,9,11-12,15H,7-8,10,16H2,1-3H3. The van der Waals surface area contributed by atoms with E-state index in [-0.39, 0.29) is 12.1 Å². The molecule has 1 aliphatic heterocycles. The van der Waals surface area contributed by atoms with Gasteiger partial charge in [-0.1, -0.05) is 12.1 Å². The van der Waals surface area contributed by atoms with E-state index in [1.165, 1.54) is 5.56 Å². The summed E-state index contributed by atoms with van der Waals surface area (Å²) in [6, 6.07) is 8.67. The SMILES string of the molecule is COc1cccc(C(C)N2CCOC(C(C)N)C2)c1. The summed E-state index contributed by atoms with van der Waals surface area (Å²) in [5.74, 6) is 0.904. The lowest BCUT2D eigenvalue weighted by Gasteiger charge is -2.38. The average Bonchev–Trinajstić information content (AvgIpc) is 2.46. The lowest BCUT2D eigenvalue weighted by molar-refractivity contribution is -0.0498. The highest BCUT2D eigenvalue weighted by Gasteiger charge is 2.27. The molecule has 19 heavy (non-hydrogen) atoms. The molecule has 4 heteroatoms. The molecule has 1 fully saturated rings. The van der Waals surface area contributed by atoms with Gasteiger partial charge in [-0.3, -0.25) is 4.90 Å². The smallest absolute Gasteiger partial charge is 0.119 e. The highest BCUT2D eigenvalue weighted by Crippen LogP contribution is 2.25. The van der Waals surface area contributed by atoms with Crippen LogP contribution in [-0.4, -0.2) is 43.9 Å². The first-order valence-corrected chi connectivity index (χ1v) is 6.87. The Morgan fingerprint density at radius 2 is 2.21 bits per heavy atom. The molecule has 3 unspecified atom stereocenters. The molecule has 2 rings (SSSR count). The lowest BCUT2D eigenvalue weighted by atomic mass is 10.0. The van der Waals surface area contributed by atoms with E-state index in [0.29, 0.717) is 6.04 Å². The van der Waals surface area contributed by atoms with Crippen LogP contribution in [0.2, 0.25) is 0 Å². The minimum absolute atomic E-state index is 0.0697. The normalized spacial score (nSPS) is 23.9. The van der Waals surface area contributed by atoms with Crippen molar-refractivity contribution in [2.75, 3.05) is 26.8 Å². The molecule has 3 atom stereocenters. The number of hydrogen-bond acceptors (Lipinski definition) is 4. The number of morpholine rings is 1. The number of nitrogens with zero attached hydrogens (tertiary/aromatic N) is 1. The molecule has 1 aromatic carbocycles. The van der Waals surface area contributed by atoms with E-state index in [9.17, 15) is 0 Å². The Kier molecular flexibility index (Phi) is 4.80. The van der Waals surface area contributed by atoms with Gasteiger partial charge in [-0.15, -0.1) is 0 Å². The van der Waals surface area contributed by atoms with E-state index < -0.39 is 0 Å². The number of nitrogens with two attached hydrogens (primary N) is 1. The summed E-state index contributed by atoms with van der Waals surface area (Å²) >= 11 is 0. The van der Waals surface area contributed by atoms with E-state index >= 15 is 0 Å². The van der Waals surface area contributed by atoms with Crippen LogP contribution in [0.15, 0.2) is 24.3 Å². The van der Waals surface area contributed by atoms with Gasteiger partial charge in [-0.05, 0) is 31.5 Å². The molecular formula is C15H24N2O2. The second-order valence-corrected chi connectivity index (χ2v) is 5.22. The minimum atomic E-state index is 0.0697. The van der Waals surface area contributed by atoms with Crippen molar-refractivity contribution < 1.29 is 9.47 Å². The van der Waals surface area contributed by atoms with Crippen molar-refractivity contribution in [1.29, 1.82) is 0 Å². The zero-order valence-corrected chi connectivity index (χ0v) is 12.0. The van der Waals surface area contributed by atoms with Gasteiger partial charge in [0.2, 0.25) is 0 Å². The van der Waals surface area contributed by atoms with Crippen LogP contribution in [0.1, 0.15) is 25.5 Å². The number of rotatable bonds is 4. The second-order valence-electron chi connectivity index (χ2n) is 5.22. The Labute approximate surface area is 115 Å². The molecule has 1 aliphatic rings. The number of hydrogen-bond donors (Lipinski definition) is 1. The largest absolute Gasteiger partial charge is 0.497 e. The van der Waals surface area contributed by atoms with Crippen LogP contribution in [0.25, 0.3) is 0 Å². The van der Waals surface area contributed by atoms with Gasteiger partial charge in [-0.2, -0.15) is 0 Å². The Morgan fingerprint density at radius 1 is 1.42 bits per heavy atom. The molecular weight excluding hydrogens is 240 g/mol. The molecule has 0 amide bonds. The van der Waals surface area contributed by atoms with E-state index in [1.54, 1.807) is 7.11 Å². The zero-order chi connectivity index (χ0) is 13.8. The molecule has 0 bridgehead atoms. The fourth-order valence-corrected chi connectivity index (χ4v) is 2.48. The molecule has 0 aromatic heterocycles. The van der Waals surface area contributed by atoms with Gasteiger partial charge in [0.1, 0.15) is 5.75 Å². The third-order valence-electron chi connectivity index (χ3n) is 3.84. The van der Waals surface area contributed by atoms with Crippen molar-refractivity contribution in [3.63, 3.8) is 0 Å². The lowest BCUT2D eigenvalue weighted by Crippen LogP contribution is -2.50. The summed E-state index contributed by atoms with van der Waals surface area (Å²) in [6.07, 6.45) is 0.127. The quantitative estimate of drug-likeness (QED) is 0.901. The molecule has 4 nitrogen and oxygen atoms in total. The third-order valence-corrected chi connectivity index (χ3v) is 3.84. The molecule has 1 aromatic rings. The third kappa shape index (κ3) is 3.47. The highest BCUT2D eigenvalue weighted by molar-refractivity contribution is 5.30. The van der Waals surface area contributed by atoms with E-state index in [2.05, 4.69) is 24.0 Å². The first-order valence-electron chi connectivity index (χ1n) is 6.87. The van der Waals surface area contributed by atoms with Gasteiger partial charge in [0.15, 0.2) is 0 Å². The Balaban J connectivity index is 2.07. The maximum Gasteiger partial charge on any atom is 0.119 e. The fraction of sp³-hybridized carbons (Fsp3) is 0.600. The van der Waals surface area contributed by atoms with Crippen LogP contribution in [0.5, 0.6) is 5.75 Å². The second kappa shape index (κ2) is 6.37. The number of benzene rings is 1. The Morgan fingerprint density at radius 3 is 2.89 bits per heavy atom. The maximum absolute atomic E-state index is 5.94. The summed E-state index contributed by atoms with van der Waals surface area (Å²) in [5.41, 5.74) is 7.21. The summed E-state index contributed by atoms with van der Waals surface area (Å²) in [4.78, 5) is 2.42. The minimum Gasteiger partial charge on any atom is -0.497 e. The monoisotopic (exact) mass is 264 g/mol. The van der Waals surface area contributed by atoms with Gasteiger partial charge < -0.3 is 15.2 Å². The van der Waals surface area contributed by atoms with Crippen molar-refractivity contribution in [3.05, 3.63) is 29.8 Å². The zero-order valence-electron chi connectivity index (χ0n) is 12.0. The first kappa shape index (κ1) is 14.3.